The molecule has 0 saturated heterocycles. The number of hydrogen-bond donors (Lipinski definition) is 0. The molecular weight excluding hydrogens is 142 g/mol. The first-order valence-corrected chi connectivity index (χ1v) is 3.45. The second-order valence-electron chi connectivity index (χ2n) is 3.49. The van der Waals surface area contributed by atoms with Crippen LogP contribution < -0.4 is 0 Å². The zero-order valence-corrected chi connectivity index (χ0v) is 6.92. The normalized spacial score (nSPS) is 11.5. The minimum atomic E-state index is -0.122. The van der Waals surface area contributed by atoms with Crippen molar-refractivity contribution in [1.29, 1.82) is 0 Å². The van der Waals surface area contributed by atoms with Crippen LogP contribution in [0.2, 0.25) is 0 Å². The molecule has 0 amide bonds. The molecule has 3 nitrogen and oxygen atoms in total. The summed E-state index contributed by atoms with van der Waals surface area (Å²) in [6, 6.07) is 0. The van der Waals surface area contributed by atoms with Crippen molar-refractivity contribution in [3.63, 3.8) is 0 Å². The minimum Gasteiger partial charge on any atom is -0.364 e. The fourth-order valence-electron chi connectivity index (χ4n) is 0.898. The van der Waals surface area contributed by atoms with Crippen molar-refractivity contribution in [2.45, 2.75) is 26.2 Å². The van der Waals surface area contributed by atoms with Crippen LogP contribution in [0.5, 0.6) is 0 Å². The smallest absolute Gasteiger partial charge is 0.155 e. The number of aromatic nitrogens is 1. The van der Waals surface area contributed by atoms with Crippen LogP contribution in [0.4, 0.5) is 0 Å². The molecule has 0 saturated carbocycles. The monoisotopic (exact) mass is 153 g/mol. The SMILES string of the molecule is CC(C)(C)c1nocc1C=O. The number of carbonyl (C=O) groups excluding carboxylic acids is 1. The van der Waals surface area contributed by atoms with Gasteiger partial charge in [0.25, 0.3) is 0 Å². The van der Waals surface area contributed by atoms with Crippen LogP contribution in [0.25, 0.3) is 0 Å². The van der Waals surface area contributed by atoms with E-state index in [1.807, 2.05) is 20.8 Å². The van der Waals surface area contributed by atoms with Crippen LogP contribution in [-0.4, -0.2) is 11.4 Å². The Morgan fingerprint density at radius 2 is 2.18 bits per heavy atom. The first-order valence-electron chi connectivity index (χ1n) is 3.45. The lowest BCUT2D eigenvalue weighted by molar-refractivity contribution is 0.112. The second-order valence-corrected chi connectivity index (χ2v) is 3.49. The van der Waals surface area contributed by atoms with E-state index in [0.29, 0.717) is 11.3 Å². The van der Waals surface area contributed by atoms with Gasteiger partial charge in [-0.2, -0.15) is 0 Å². The first-order chi connectivity index (χ1) is 5.05. The number of aldehydes is 1. The van der Waals surface area contributed by atoms with E-state index in [0.717, 1.165) is 6.29 Å². The van der Waals surface area contributed by atoms with Crippen molar-refractivity contribution in [2.24, 2.45) is 0 Å². The van der Waals surface area contributed by atoms with E-state index in [9.17, 15) is 4.79 Å². The summed E-state index contributed by atoms with van der Waals surface area (Å²) in [6.07, 6.45) is 2.13. The summed E-state index contributed by atoms with van der Waals surface area (Å²) in [7, 11) is 0. The molecule has 0 atom stereocenters. The molecule has 0 unspecified atom stereocenters. The molecule has 0 N–H and O–H groups in total. The average molecular weight is 153 g/mol. The molecule has 60 valence electrons. The van der Waals surface area contributed by atoms with Crippen molar-refractivity contribution in [1.82, 2.24) is 5.16 Å². The highest BCUT2D eigenvalue weighted by Gasteiger charge is 2.21. The van der Waals surface area contributed by atoms with Gasteiger partial charge in [-0.25, -0.2) is 0 Å². The summed E-state index contributed by atoms with van der Waals surface area (Å²) in [5.74, 6) is 0. The van der Waals surface area contributed by atoms with Crippen molar-refractivity contribution in [3.8, 4) is 0 Å². The summed E-state index contributed by atoms with van der Waals surface area (Å²) < 4.78 is 4.68. The summed E-state index contributed by atoms with van der Waals surface area (Å²) in [5.41, 5.74) is 1.13. The summed E-state index contributed by atoms with van der Waals surface area (Å²) in [6.45, 7) is 5.95. The van der Waals surface area contributed by atoms with Gasteiger partial charge in [-0.05, 0) is 0 Å². The van der Waals surface area contributed by atoms with Crippen LogP contribution in [0.1, 0.15) is 36.8 Å². The molecular formula is C8H11NO2. The number of hydrogen-bond acceptors (Lipinski definition) is 3. The van der Waals surface area contributed by atoms with Gasteiger partial charge in [0.2, 0.25) is 0 Å². The third-order valence-corrected chi connectivity index (χ3v) is 1.43. The molecule has 1 rings (SSSR count). The fourth-order valence-corrected chi connectivity index (χ4v) is 0.898. The molecule has 0 bridgehead atoms. The van der Waals surface area contributed by atoms with Crippen LogP contribution in [-0.2, 0) is 5.41 Å². The Balaban J connectivity index is 3.12. The molecule has 0 spiro atoms. The van der Waals surface area contributed by atoms with Gasteiger partial charge < -0.3 is 4.52 Å². The standard InChI is InChI=1S/C8H11NO2/c1-8(2,3)7-6(4-10)5-11-9-7/h4-5H,1-3H3. The largest absolute Gasteiger partial charge is 0.364 e. The lowest BCUT2D eigenvalue weighted by atomic mass is 9.90. The fraction of sp³-hybridized carbons (Fsp3) is 0.500. The number of rotatable bonds is 1. The van der Waals surface area contributed by atoms with Crippen LogP contribution in [0.3, 0.4) is 0 Å². The van der Waals surface area contributed by atoms with Crippen LogP contribution in [0, 0.1) is 0 Å². The van der Waals surface area contributed by atoms with Crippen molar-refractivity contribution >= 4 is 6.29 Å². The maximum Gasteiger partial charge on any atom is 0.155 e. The van der Waals surface area contributed by atoms with Gasteiger partial charge in [0, 0.05) is 5.41 Å². The quantitative estimate of drug-likeness (QED) is 0.577. The minimum absolute atomic E-state index is 0.122. The van der Waals surface area contributed by atoms with E-state index >= 15 is 0 Å². The maximum atomic E-state index is 10.4. The molecule has 0 radical (unpaired) electrons. The Kier molecular flexibility index (Phi) is 1.81. The Labute approximate surface area is 65.4 Å². The molecule has 0 aliphatic carbocycles. The zero-order valence-electron chi connectivity index (χ0n) is 6.92. The van der Waals surface area contributed by atoms with E-state index in [1.165, 1.54) is 6.26 Å². The van der Waals surface area contributed by atoms with Gasteiger partial charge >= 0.3 is 0 Å². The number of nitrogens with zero attached hydrogens (tertiary/aromatic N) is 1. The zero-order chi connectivity index (χ0) is 8.48. The molecule has 1 aromatic heterocycles. The molecule has 1 aromatic rings. The highest BCUT2D eigenvalue weighted by atomic mass is 16.5. The van der Waals surface area contributed by atoms with Gasteiger partial charge in [0.15, 0.2) is 6.29 Å². The van der Waals surface area contributed by atoms with Crippen molar-refractivity contribution in [2.75, 3.05) is 0 Å². The predicted molar refractivity (Wildman–Crippen MR) is 40.6 cm³/mol. The van der Waals surface area contributed by atoms with Gasteiger partial charge in [-0.1, -0.05) is 25.9 Å². The van der Waals surface area contributed by atoms with Crippen LogP contribution in [0.15, 0.2) is 10.8 Å². The molecule has 0 aliphatic heterocycles. The maximum absolute atomic E-state index is 10.4. The van der Waals surface area contributed by atoms with E-state index < -0.39 is 0 Å². The van der Waals surface area contributed by atoms with E-state index in [2.05, 4.69) is 9.68 Å². The van der Waals surface area contributed by atoms with Gasteiger partial charge in [0.1, 0.15) is 6.26 Å². The highest BCUT2D eigenvalue weighted by Crippen LogP contribution is 2.22. The molecule has 1 heterocycles. The van der Waals surface area contributed by atoms with Crippen LogP contribution >= 0.6 is 0 Å². The first kappa shape index (κ1) is 7.98. The molecule has 3 heteroatoms. The van der Waals surface area contributed by atoms with Crippen molar-refractivity contribution in [3.05, 3.63) is 17.5 Å². The molecule has 0 aromatic carbocycles. The molecule has 11 heavy (non-hydrogen) atoms. The topological polar surface area (TPSA) is 43.1 Å². The lowest BCUT2D eigenvalue weighted by Gasteiger charge is -2.13. The summed E-state index contributed by atoms with van der Waals surface area (Å²) in [4.78, 5) is 10.4. The second kappa shape index (κ2) is 2.49. The Morgan fingerprint density at radius 3 is 2.55 bits per heavy atom. The highest BCUT2D eigenvalue weighted by molar-refractivity contribution is 5.76. The van der Waals surface area contributed by atoms with E-state index in [4.69, 9.17) is 0 Å². The summed E-state index contributed by atoms with van der Waals surface area (Å²) >= 11 is 0. The predicted octanol–water partition coefficient (Wildman–Crippen LogP) is 1.78. The Hall–Kier alpha value is -1.12. The summed E-state index contributed by atoms with van der Waals surface area (Å²) in [5, 5.41) is 3.75. The Morgan fingerprint density at radius 1 is 1.55 bits per heavy atom. The third kappa shape index (κ3) is 1.48. The average Bonchev–Trinajstić information content (AvgIpc) is 2.31. The lowest BCUT2D eigenvalue weighted by Crippen LogP contribution is -2.13. The van der Waals surface area contributed by atoms with Gasteiger partial charge in [-0.15, -0.1) is 0 Å². The van der Waals surface area contributed by atoms with Gasteiger partial charge in [-0.3, -0.25) is 4.79 Å². The number of carbonyl (C=O) groups is 1. The van der Waals surface area contributed by atoms with E-state index in [1.54, 1.807) is 0 Å². The van der Waals surface area contributed by atoms with Crippen molar-refractivity contribution < 1.29 is 9.32 Å². The molecule has 0 fully saturated rings. The van der Waals surface area contributed by atoms with Gasteiger partial charge in [0.05, 0.1) is 11.3 Å². The third-order valence-electron chi connectivity index (χ3n) is 1.43. The Bertz CT molecular complexity index is 257. The molecule has 0 aliphatic rings. The van der Waals surface area contributed by atoms with E-state index in [-0.39, 0.29) is 5.41 Å².